The molecule has 0 aromatic heterocycles. The van der Waals surface area contributed by atoms with E-state index in [4.69, 9.17) is 16.3 Å². The third kappa shape index (κ3) is 2.57. The number of hydrogen-bond acceptors (Lipinski definition) is 6. The second-order valence-corrected chi connectivity index (χ2v) is 5.02. The zero-order valence-electron chi connectivity index (χ0n) is 12.1. The summed E-state index contributed by atoms with van der Waals surface area (Å²) >= 11 is 5.95. The average Bonchev–Trinajstić information content (AvgIpc) is 3.23. The lowest BCUT2D eigenvalue weighted by molar-refractivity contribution is -0.158. The number of carbonyl (C=O) groups is 3. The van der Waals surface area contributed by atoms with Crippen molar-refractivity contribution < 1.29 is 28.6 Å². The predicted octanol–water partition coefficient (Wildman–Crippen LogP) is 1.99. The second-order valence-electron chi connectivity index (χ2n) is 4.58. The summed E-state index contributed by atoms with van der Waals surface area (Å²) in [5, 5.41) is 0.363. The van der Waals surface area contributed by atoms with Crippen molar-refractivity contribution in [1.82, 2.24) is 0 Å². The van der Waals surface area contributed by atoms with Gasteiger partial charge in [0.1, 0.15) is 5.75 Å². The van der Waals surface area contributed by atoms with E-state index in [-0.39, 0.29) is 5.75 Å². The van der Waals surface area contributed by atoms with Crippen molar-refractivity contribution >= 4 is 35.1 Å². The molecule has 6 nitrogen and oxygen atoms in total. The minimum atomic E-state index is -1.62. The lowest BCUT2D eigenvalue weighted by Gasteiger charge is -2.15. The van der Waals surface area contributed by atoms with E-state index in [1.54, 1.807) is 0 Å². The lowest BCUT2D eigenvalue weighted by Crippen LogP contribution is -2.31. The van der Waals surface area contributed by atoms with Crippen LogP contribution >= 0.6 is 11.6 Å². The van der Waals surface area contributed by atoms with Gasteiger partial charge in [-0.15, -0.1) is 0 Å². The van der Waals surface area contributed by atoms with Gasteiger partial charge in [-0.1, -0.05) is 11.6 Å². The van der Waals surface area contributed by atoms with Gasteiger partial charge in [0.05, 0.1) is 14.2 Å². The van der Waals surface area contributed by atoms with Crippen molar-refractivity contribution in [2.24, 2.45) is 5.41 Å². The van der Waals surface area contributed by atoms with Crippen molar-refractivity contribution in [3.8, 4) is 5.75 Å². The van der Waals surface area contributed by atoms with Crippen LogP contribution in [0.15, 0.2) is 24.3 Å². The Kier molecular flexibility index (Phi) is 4.23. The van der Waals surface area contributed by atoms with E-state index in [0.717, 1.165) is 0 Å². The number of benzene rings is 1. The van der Waals surface area contributed by atoms with Crippen molar-refractivity contribution in [2.75, 3.05) is 14.2 Å². The molecule has 0 saturated heterocycles. The Morgan fingerprint density at radius 1 is 1.09 bits per heavy atom. The molecule has 0 heterocycles. The number of hydrogen-bond donors (Lipinski definition) is 0. The van der Waals surface area contributed by atoms with Gasteiger partial charge in [-0.25, -0.2) is 0 Å². The summed E-state index contributed by atoms with van der Waals surface area (Å²) in [4.78, 5) is 35.1. The van der Waals surface area contributed by atoms with E-state index < -0.39 is 23.3 Å². The third-order valence-corrected chi connectivity index (χ3v) is 3.44. The van der Waals surface area contributed by atoms with Crippen molar-refractivity contribution in [1.29, 1.82) is 0 Å². The van der Waals surface area contributed by atoms with Crippen LogP contribution < -0.4 is 4.74 Å². The molecule has 1 aliphatic rings. The second kappa shape index (κ2) is 5.81. The summed E-state index contributed by atoms with van der Waals surface area (Å²) in [6, 6.07) is 4.51. The van der Waals surface area contributed by atoms with Crippen LogP contribution in [-0.2, 0) is 23.9 Å². The number of rotatable bonds is 4. The van der Waals surface area contributed by atoms with Gasteiger partial charge < -0.3 is 14.2 Å². The molecule has 0 fully saturated rings. The summed E-state index contributed by atoms with van der Waals surface area (Å²) in [6.07, 6.45) is 1.39. The first-order valence-corrected chi connectivity index (χ1v) is 6.63. The largest absolute Gasteiger partial charge is 0.468 e. The van der Waals surface area contributed by atoms with E-state index in [1.807, 2.05) is 0 Å². The van der Waals surface area contributed by atoms with Crippen LogP contribution in [0, 0.1) is 5.41 Å². The maximum absolute atomic E-state index is 12.0. The Balaban J connectivity index is 2.47. The molecule has 0 unspecified atom stereocenters. The van der Waals surface area contributed by atoms with Gasteiger partial charge in [-0.3, -0.25) is 14.4 Å². The zero-order valence-corrected chi connectivity index (χ0v) is 12.9. The quantitative estimate of drug-likeness (QED) is 0.479. The topological polar surface area (TPSA) is 78.9 Å². The fraction of sp³-hybridized carbons (Fsp3) is 0.267. The minimum absolute atomic E-state index is 0.192. The SMILES string of the molecule is COC(=O)C1(C(=O)OC)C=C1c1cc(Cl)ccc1OC(C)=O. The monoisotopic (exact) mass is 324 g/mol. The molecule has 0 saturated carbocycles. The van der Waals surface area contributed by atoms with Crippen LogP contribution in [0.2, 0.25) is 5.02 Å². The standard InChI is InChI=1S/C15H13ClO6/c1-8(17)22-12-5-4-9(16)6-10(12)11-7-15(11,13(18)20-2)14(19)21-3/h4-7H,1-3H3. The summed E-state index contributed by atoms with van der Waals surface area (Å²) < 4.78 is 14.4. The Labute approximate surface area is 131 Å². The lowest BCUT2D eigenvalue weighted by atomic mass is 9.96. The average molecular weight is 325 g/mol. The Bertz CT molecular complexity index is 675. The molecule has 1 aromatic rings. The van der Waals surface area contributed by atoms with Crippen LogP contribution in [0.3, 0.4) is 0 Å². The molecule has 2 rings (SSSR count). The van der Waals surface area contributed by atoms with Crippen molar-refractivity contribution in [2.45, 2.75) is 6.92 Å². The van der Waals surface area contributed by atoms with Crippen LogP contribution in [0.1, 0.15) is 12.5 Å². The summed E-state index contributed by atoms with van der Waals surface area (Å²) in [7, 11) is 2.34. The molecule has 0 bridgehead atoms. The summed E-state index contributed by atoms with van der Waals surface area (Å²) in [6.45, 7) is 1.24. The van der Waals surface area contributed by atoms with E-state index in [2.05, 4.69) is 9.47 Å². The fourth-order valence-electron chi connectivity index (χ4n) is 2.17. The number of carbonyl (C=O) groups excluding carboxylic acids is 3. The molecule has 1 aliphatic carbocycles. The molecule has 0 N–H and O–H groups in total. The summed E-state index contributed by atoms with van der Waals surface area (Å²) in [5.41, 5.74) is -0.938. The molecule has 1 aromatic carbocycles. The van der Waals surface area contributed by atoms with Gasteiger partial charge in [0.25, 0.3) is 0 Å². The minimum Gasteiger partial charge on any atom is -0.468 e. The highest BCUT2D eigenvalue weighted by atomic mass is 35.5. The number of methoxy groups -OCH3 is 2. The molecule has 0 spiro atoms. The van der Waals surface area contributed by atoms with Gasteiger partial charge in [-0.2, -0.15) is 0 Å². The molecule has 7 heteroatoms. The van der Waals surface area contributed by atoms with Crippen LogP contribution in [0.4, 0.5) is 0 Å². The highest BCUT2D eigenvalue weighted by Gasteiger charge is 2.61. The van der Waals surface area contributed by atoms with Gasteiger partial charge >= 0.3 is 17.9 Å². The Hall–Kier alpha value is -2.34. The Morgan fingerprint density at radius 3 is 2.18 bits per heavy atom. The molecule has 116 valence electrons. The van der Waals surface area contributed by atoms with E-state index in [9.17, 15) is 14.4 Å². The van der Waals surface area contributed by atoms with Gasteiger partial charge in [-0.05, 0) is 29.8 Å². The number of esters is 3. The molecule has 22 heavy (non-hydrogen) atoms. The molecular weight excluding hydrogens is 312 g/mol. The normalized spacial score (nSPS) is 14.6. The summed E-state index contributed by atoms with van der Waals surface area (Å²) in [5.74, 6) is -1.89. The van der Waals surface area contributed by atoms with Gasteiger partial charge in [0, 0.05) is 17.5 Å². The molecular formula is C15H13ClO6. The zero-order chi connectivity index (χ0) is 16.5. The smallest absolute Gasteiger partial charge is 0.331 e. The third-order valence-electron chi connectivity index (χ3n) is 3.20. The fourth-order valence-corrected chi connectivity index (χ4v) is 2.34. The molecule has 0 atom stereocenters. The molecule has 0 radical (unpaired) electrons. The van der Waals surface area contributed by atoms with E-state index >= 15 is 0 Å². The van der Waals surface area contributed by atoms with E-state index in [1.165, 1.54) is 45.4 Å². The maximum Gasteiger partial charge on any atom is 0.331 e. The van der Waals surface area contributed by atoms with Crippen LogP contribution in [0.25, 0.3) is 5.57 Å². The van der Waals surface area contributed by atoms with Crippen LogP contribution in [-0.4, -0.2) is 32.1 Å². The maximum atomic E-state index is 12.0. The highest BCUT2D eigenvalue weighted by molar-refractivity contribution is 6.31. The van der Waals surface area contributed by atoms with Gasteiger partial charge in [0.2, 0.25) is 5.41 Å². The first kappa shape index (κ1) is 16.0. The first-order valence-electron chi connectivity index (χ1n) is 6.25. The Morgan fingerprint density at radius 2 is 1.68 bits per heavy atom. The van der Waals surface area contributed by atoms with Crippen molar-refractivity contribution in [3.05, 3.63) is 34.9 Å². The predicted molar refractivity (Wildman–Crippen MR) is 77.2 cm³/mol. The molecule has 0 aliphatic heterocycles. The number of halogens is 1. The van der Waals surface area contributed by atoms with Gasteiger partial charge in [0.15, 0.2) is 0 Å². The van der Waals surface area contributed by atoms with E-state index in [0.29, 0.717) is 16.2 Å². The molecule has 0 amide bonds. The van der Waals surface area contributed by atoms with Crippen molar-refractivity contribution in [3.63, 3.8) is 0 Å². The highest BCUT2D eigenvalue weighted by Crippen LogP contribution is 2.55. The van der Waals surface area contributed by atoms with Crippen LogP contribution in [0.5, 0.6) is 5.75 Å². The first-order chi connectivity index (χ1) is 10.4. The number of ether oxygens (including phenoxy) is 3.